The monoisotopic (exact) mass is 679 g/mol. The summed E-state index contributed by atoms with van der Waals surface area (Å²) in [6, 6.07) is -3.57. The van der Waals surface area contributed by atoms with Gasteiger partial charge in [0.15, 0.2) is 0 Å². The number of aromatic nitrogens is 2. The zero-order valence-corrected chi connectivity index (χ0v) is 29.1. The highest BCUT2D eigenvalue weighted by molar-refractivity contribution is 6.38. The molecular weight excluding hydrogens is 626 g/mol. The minimum atomic E-state index is -0.979. The van der Waals surface area contributed by atoms with E-state index in [1.54, 1.807) is 4.90 Å². The molecule has 0 bridgehead atoms. The summed E-state index contributed by atoms with van der Waals surface area (Å²) in [6.45, 7) is 6.12. The minimum absolute atomic E-state index is 0.0161. The zero-order valence-electron chi connectivity index (χ0n) is 29.1. The van der Waals surface area contributed by atoms with Gasteiger partial charge in [0.25, 0.3) is 11.8 Å². The number of likely N-dealkylation sites (tertiary alicyclic amines) is 1. The Labute approximate surface area is 288 Å². The molecule has 3 saturated carbocycles. The zero-order chi connectivity index (χ0) is 35.1. The van der Waals surface area contributed by atoms with Gasteiger partial charge in [0.2, 0.25) is 23.5 Å². The van der Waals surface area contributed by atoms with E-state index in [4.69, 9.17) is 0 Å². The molecule has 7 atom stereocenters. The van der Waals surface area contributed by atoms with Crippen molar-refractivity contribution in [3.05, 3.63) is 24.3 Å². The number of fused-ring (bicyclic) bond motifs is 1. The lowest BCUT2D eigenvalue weighted by Gasteiger charge is -2.35. The summed E-state index contributed by atoms with van der Waals surface area (Å²) >= 11 is 0. The predicted molar refractivity (Wildman–Crippen MR) is 181 cm³/mol. The van der Waals surface area contributed by atoms with E-state index in [0.717, 1.165) is 64.2 Å². The third kappa shape index (κ3) is 8.83. The summed E-state index contributed by atoms with van der Waals surface area (Å²) in [6.07, 6.45) is 14.5. The Morgan fingerprint density at radius 3 is 2.31 bits per heavy atom. The van der Waals surface area contributed by atoms with Crippen LogP contribution >= 0.6 is 0 Å². The number of carbonyl (C=O) groups excluding carboxylic acids is 6. The molecular formula is C36H53N7O6. The maximum atomic E-state index is 14.5. The van der Waals surface area contributed by atoms with Crippen LogP contribution in [-0.2, 0) is 24.0 Å². The van der Waals surface area contributed by atoms with Crippen LogP contribution in [0.5, 0.6) is 0 Å². The molecule has 13 nitrogen and oxygen atoms in total. The molecule has 0 radical (unpaired) electrons. The fourth-order valence-electron chi connectivity index (χ4n) is 7.93. The first kappa shape index (κ1) is 36.4. The van der Waals surface area contributed by atoms with E-state index in [2.05, 4.69) is 31.2 Å². The highest BCUT2D eigenvalue weighted by Crippen LogP contribution is 2.43. The topological polar surface area (TPSA) is 180 Å². The molecule has 13 heteroatoms. The Bertz CT molecular complexity index is 1360. The molecule has 0 spiro atoms. The van der Waals surface area contributed by atoms with Gasteiger partial charge in [0, 0.05) is 25.0 Å². The Balaban J connectivity index is 1.35. The summed E-state index contributed by atoms with van der Waals surface area (Å²) in [5.74, 6) is -3.36. The molecule has 5 rings (SSSR count). The molecule has 1 aromatic rings. The molecule has 2 heterocycles. The summed E-state index contributed by atoms with van der Waals surface area (Å²) < 4.78 is 0. The van der Waals surface area contributed by atoms with Gasteiger partial charge in [-0.15, -0.1) is 0 Å². The molecule has 5 amide bonds. The number of ketones is 1. The normalized spacial score (nSPS) is 24.6. The first-order valence-electron chi connectivity index (χ1n) is 18.5. The van der Waals surface area contributed by atoms with Crippen molar-refractivity contribution in [3.8, 4) is 0 Å². The number of rotatable bonds is 15. The van der Waals surface area contributed by atoms with Crippen LogP contribution in [0.4, 0.5) is 0 Å². The van der Waals surface area contributed by atoms with Crippen LogP contribution < -0.4 is 21.3 Å². The van der Waals surface area contributed by atoms with Crippen LogP contribution in [0.1, 0.15) is 115 Å². The van der Waals surface area contributed by atoms with Crippen molar-refractivity contribution in [2.24, 2.45) is 23.7 Å². The van der Waals surface area contributed by atoms with Crippen LogP contribution in [0.25, 0.3) is 0 Å². The van der Waals surface area contributed by atoms with E-state index in [9.17, 15) is 28.8 Å². The molecule has 4 fully saturated rings. The highest BCUT2D eigenvalue weighted by atomic mass is 16.2. The lowest BCUT2D eigenvalue weighted by atomic mass is 9.83. The SMILES string of the molecule is CCC[C@H](NC(=O)[C@@H]1[C@H]2CCC[C@H]2CN1C(=O)[C@@H](NC(=O)[C@@H](NC(=O)c1cnccn1)C1CCCCC1)[C@H](C)CC)C(=O)C(=O)NC1CC1. The van der Waals surface area contributed by atoms with Gasteiger partial charge >= 0.3 is 0 Å². The van der Waals surface area contributed by atoms with Crippen molar-refractivity contribution in [1.82, 2.24) is 36.1 Å². The lowest BCUT2D eigenvalue weighted by Crippen LogP contribution is -2.61. The Morgan fingerprint density at radius 2 is 1.65 bits per heavy atom. The van der Waals surface area contributed by atoms with Gasteiger partial charge < -0.3 is 26.2 Å². The summed E-state index contributed by atoms with van der Waals surface area (Å²) in [4.78, 5) is 91.3. The number of amides is 5. The third-order valence-electron chi connectivity index (χ3n) is 11.1. The van der Waals surface area contributed by atoms with Crippen molar-refractivity contribution in [2.75, 3.05) is 6.54 Å². The summed E-state index contributed by atoms with van der Waals surface area (Å²) in [7, 11) is 0. The molecule has 3 aliphatic carbocycles. The number of nitrogens with zero attached hydrogens (tertiary/aromatic N) is 3. The van der Waals surface area contributed by atoms with E-state index in [1.807, 2.05) is 20.8 Å². The van der Waals surface area contributed by atoms with Crippen LogP contribution in [-0.4, -0.2) is 86.9 Å². The van der Waals surface area contributed by atoms with E-state index in [1.165, 1.54) is 18.6 Å². The van der Waals surface area contributed by atoms with Gasteiger partial charge in [0.05, 0.1) is 12.2 Å². The van der Waals surface area contributed by atoms with E-state index in [-0.39, 0.29) is 41.3 Å². The van der Waals surface area contributed by atoms with Crippen LogP contribution in [0, 0.1) is 23.7 Å². The first-order chi connectivity index (χ1) is 23.6. The fraction of sp³-hybridized carbons (Fsp3) is 0.722. The van der Waals surface area contributed by atoms with Crippen molar-refractivity contribution >= 4 is 35.3 Å². The van der Waals surface area contributed by atoms with E-state index < -0.39 is 53.6 Å². The molecule has 49 heavy (non-hydrogen) atoms. The molecule has 4 N–H and O–H groups in total. The largest absolute Gasteiger partial charge is 0.347 e. The summed E-state index contributed by atoms with van der Waals surface area (Å²) in [5.41, 5.74) is 0.105. The second kappa shape index (κ2) is 16.7. The average molecular weight is 680 g/mol. The minimum Gasteiger partial charge on any atom is -0.347 e. The second-order valence-corrected chi connectivity index (χ2v) is 14.6. The average Bonchev–Trinajstić information content (AvgIpc) is 3.69. The number of hydrogen-bond donors (Lipinski definition) is 4. The number of hydrogen-bond acceptors (Lipinski definition) is 8. The quantitative estimate of drug-likeness (QED) is 0.204. The summed E-state index contributed by atoms with van der Waals surface area (Å²) in [5, 5.41) is 11.5. The smallest absolute Gasteiger partial charge is 0.289 e. The van der Waals surface area contributed by atoms with Gasteiger partial charge in [-0.2, -0.15) is 0 Å². The Hall–Kier alpha value is -3.90. The maximum absolute atomic E-state index is 14.5. The van der Waals surface area contributed by atoms with Gasteiger partial charge in [-0.3, -0.25) is 33.8 Å². The lowest BCUT2D eigenvalue weighted by molar-refractivity contribution is -0.145. The molecule has 1 aliphatic heterocycles. The number of Topliss-reactive ketones (excluding diaryl/α,β-unsaturated/α-hetero) is 1. The van der Waals surface area contributed by atoms with Crippen molar-refractivity contribution in [3.63, 3.8) is 0 Å². The fourth-order valence-corrected chi connectivity index (χ4v) is 7.93. The van der Waals surface area contributed by atoms with Crippen LogP contribution in [0.3, 0.4) is 0 Å². The van der Waals surface area contributed by atoms with Crippen molar-refractivity contribution < 1.29 is 28.8 Å². The van der Waals surface area contributed by atoms with Crippen molar-refractivity contribution in [1.29, 1.82) is 0 Å². The van der Waals surface area contributed by atoms with Crippen LogP contribution in [0.2, 0.25) is 0 Å². The molecule has 1 saturated heterocycles. The van der Waals surface area contributed by atoms with E-state index in [0.29, 0.717) is 25.8 Å². The molecule has 0 aromatic carbocycles. The predicted octanol–water partition coefficient (Wildman–Crippen LogP) is 2.45. The van der Waals surface area contributed by atoms with E-state index >= 15 is 0 Å². The van der Waals surface area contributed by atoms with Crippen molar-refractivity contribution in [2.45, 2.75) is 134 Å². The Kier molecular flexibility index (Phi) is 12.4. The van der Waals surface area contributed by atoms with Crippen LogP contribution in [0.15, 0.2) is 18.6 Å². The van der Waals surface area contributed by atoms with Gasteiger partial charge in [0.1, 0.15) is 23.8 Å². The number of carbonyl (C=O) groups is 6. The highest BCUT2D eigenvalue weighted by Gasteiger charge is 2.51. The van der Waals surface area contributed by atoms with Gasteiger partial charge in [-0.1, -0.05) is 59.3 Å². The molecule has 268 valence electrons. The van der Waals surface area contributed by atoms with Gasteiger partial charge in [-0.05, 0) is 68.6 Å². The number of nitrogens with one attached hydrogen (secondary N) is 4. The molecule has 1 aromatic heterocycles. The molecule has 4 aliphatic rings. The second-order valence-electron chi connectivity index (χ2n) is 14.6. The standard InChI is InChI=1S/C36H53N7O6/c1-4-10-26(31(44)35(48)39-24-15-16-24)40-34(47)30-25-14-9-13-23(25)20-43(30)36(49)28(21(3)5-2)41-33(46)29(22-11-7-6-8-12-22)42-32(45)27-19-37-17-18-38-27/h17-19,21-26,28-30H,4-16,20H2,1-3H3,(H,39,48)(H,40,47)(H,41,46)(H,42,45)/t21-,23+,25+,26+,28+,29+,30+/m1/s1. The van der Waals surface area contributed by atoms with Gasteiger partial charge in [-0.25, -0.2) is 4.98 Å². The Morgan fingerprint density at radius 1 is 0.898 bits per heavy atom. The maximum Gasteiger partial charge on any atom is 0.289 e. The third-order valence-corrected chi connectivity index (χ3v) is 11.1. The first-order valence-corrected chi connectivity index (χ1v) is 18.5. The molecule has 0 unspecified atom stereocenters.